The number of rotatable bonds is 4. The molecule has 2 rings (SSSR count). The Morgan fingerprint density at radius 3 is 2.90 bits per heavy atom. The van der Waals surface area contributed by atoms with E-state index in [0.29, 0.717) is 18.0 Å². The molecule has 3 unspecified atom stereocenters. The minimum Gasteiger partial charge on any atom is -0.397 e. The zero-order chi connectivity index (χ0) is 14.7. The molecule has 0 aliphatic carbocycles. The third-order valence-corrected chi connectivity index (χ3v) is 5.24. The van der Waals surface area contributed by atoms with Crippen molar-refractivity contribution >= 4 is 28.1 Å². The molecule has 6 heteroatoms. The molecule has 0 bridgehead atoms. The lowest BCUT2D eigenvalue weighted by molar-refractivity contribution is -0.113. The SMILES string of the molecule is Cc1ccc(NC(=O)CS(=O)C2CCOC2C)c(N)c1. The van der Waals surface area contributed by atoms with Crippen LogP contribution in [-0.4, -0.2) is 33.8 Å². The highest BCUT2D eigenvalue weighted by molar-refractivity contribution is 7.86. The van der Waals surface area contributed by atoms with Crippen LogP contribution in [0.25, 0.3) is 0 Å². The third kappa shape index (κ3) is 3.58. The summed E-state index contributed by atoms with van der Waals surface area (Å²) in [4.78, 5) is 11.9. The number of nitrogen functional groups attached to an aromatic ring is 1. The summed E-state index contributed by atoms with van der Waals surface area (Å²) in [5.41, 5.74) is 7.94. The molecule has 3 atom stereocenters. The number of aryl methyl sites for hydroxylation is 1. The van der Waals surface area contributed by atoms with Crippen LogP contribution in [0.1, 0.15) is 18.9 Å². The molecule has 0 radical (unpaired) electrons. The summed E-state index contributed by atoms with van der Waals surface area (Å²) in [6.45, 7) is 4.44. The number of carbonyl (C=O) groups excluding carboxylic acids is 1. The largest absolute Gasteiger partial charge is 0.397 e. The van der Waals surface area contributed by atoms with E-state index >= 15 is 0 Å². The lowest BCUT2D eigenvalue weighted by Gasteiger charge is -2.14. The molecule has 1 aliphatic rings. The lowest BCUT2D eigenvalue weighted by atomic mass is 10.2. The van der Waals surface area contributed by atoms with Crippen molar-refractivity contribution in [1.82, 2.24) is 0 Å². The summed E-state index contributed by atoms with van der Waals surface area (Å²) in [5.74, 6) is -0.302. The molecule has 1 amide bonds. The van der Waals surface area contributed by atoms with Crippen LogP contribution in [0.15, 0.2) is 18.2 Å². The predicted octanol–water partition coefficient (Wildman–Crippen LogP) is 1.44. The molecule has 0 spiro atoms. The maximum atomic E-state index is 12.1. The minimum atomic E-state index is -1.22. The van der Waals surface area contributed by atoms with E-state index in [9.17, 15) is 9.00 Å². The van der Waals surface area contributed by atoms with E-state index in [1.807, 2.05) is 19.9 Å². The average Bonchev–Trinajstić information content (AvgIpc) is 2.79. The Morgan fingerprint density at radius 2 is 2.30 bits per heavy atom. The van der Waals surface area contributed by atoms with Gasteiger partial charge in [0, 0.05) is 17.4 Å². The lowest BCUT2D eigenvalue weighted by Crippen LogP contribution is -2.30. The Morgan fingerprint density at radius 1 is 1.55 bits per heavy atom. The van der Waals surface area contributed by atoms with Crippen molar-refractivity contribution in [1.29, 1.82) is 0 Å². The first kappa shape index (κ1) is 15.0. The number of hydrogen-bond acceptors (Lipinski definition) is 4. The Hall–Kier alpha value is -1.40. The normalized spacial score (nSPS) is 23.5. The molecule has 0 saturated carbocycles. The van der Waals surface area contributed by atoms with Crippen LogP contribution in [0, 0.1) is 6.92 Å². The Bertz CT molecular complexity index is 533. The fourth-order valence-electron chi connectivity index (χ4n) is 2.28. The van der Waals surface area contributed by atoms with Gasteiger partial charge < -0.3 is 15.8 Å². The standard InChI is InChI=1S/C14H20N2O3S/c1-9-3-4-12(11(15)7-9)16-14(17)8-20(18)13-5-6-19-10(13)2/h3-4,7,10,13H,5-6,8,15H2,1-2H3,(H,16,17). The van der Waals surface area contributed by atoms with Crippen LogP contribution in [-0.2, 0) is 20.3 Å². The van der Waals surface area contributed by atoms with Gasteiger partial charge in [0.15, 0.2) is 0 Å². The Balaban J connectivity index is 1.93. The molecule has 1 heterocycles. The molecular formula is C14H20N2O3S. The van der Waals surface area contributed by atoms with Gasteiger partial charge >= 0.3 is 0 Å². The second-order valence-electron chi connectivity index (χ2n) is 5.07. The fourth-order valence-corrected chi connectivity index (χ4v) is 3.69. The maximum absolute atomic E-state index is 12.1. The summed E-state index contributed by atoms with van der Waals surface area (Å²) in [5, 5.41) is 2.65. The van der Waals surface area contributed by atoms with Crippen LogP contribution < -0.4 is 11.1 Å². The Kier molecular flexibility index (Phi) is 4.77. The van der Waals surface area contributed by atoms with Crippen LogP contribution >= 0.6 is 0 Å². The van der Waals surface area contributed by atoms with Gasteiger partial charge in [-0.25, -0.2) is 0 Å². The monoisotopic (exact) mass is 296 g/mol. The highest BCUT2D eigenvalue weighted by Gasteiger charge is 2.30. The zero-order valence-electron chi connectivity index (χ0n) is 11.7. The molecule has 1 aromatic rings. The van der Waals surface area contributed by atoms with Gasteiger partial charge in [0.2, 0.25) is 5.91 Å². The smallest absolute Gasteiger partial charge is 0.237 e. The molecule has 3 N–H and O–H groups in total. The van der Waals surface area contributed by atoms with Crippen LogP contribution in [0.3, 0.4) is 0 Å². The first-order valence-electron chi connectivity index (χ1n) is 6.62. The van der Waals surface area contributed by atoms with E-state index in [1.165, 1.54) is 0 Å². The summed E-state index contributed by atoms with van der Waals surface area (Å²) in [7, 11) is -1.22. The summed E-state index contributed by atoms with van der Waals surface area (Å²) < 4.78 is 17.5. The van der Waals surface area contributed by atoms with E-state index in [0.717, 1.165) is 12.0 Å². The summed E-state index contributed by atoms with van der Waals surface area (Å²) >= 11 is 0. The van der Waals surface area contributed by atoms with Crippen molar-refractivity contribution in [3.63, 3.8) is 0 Å². The molecule has 1 aromatic carbocycles. The quantitative estimate of drug-likeness (QED) is 0.824. The third-order valence-electron chi connectivity index (χ3n) is 3.40. The number of hydrogen-bond donors (Lipinski definition) is 2. The topological polar surface area (TPSA) is 81.4 Å². The van der Waals surface area contributed by atoms with E-state index < -0.39 is 10.8 Å². The second kappa shape index (κ2) is 6.37. The van der Waals surface area contributed by atoms with E-state index in [-0.39, 0.29) is 23.0 Å². The van der Waals surface area contributed by atoms with Crippen molar-refractivity contribution in [2.75, 3.05) is 23.4 Å². The number of nitrogens with one attached hydrogen (secondary N) is 1. The summed E-state index contributed by atoms with van der Waals surface area (Å²) in [6.07, 6.45) is 0.696. The molecule has 1 fully saturated rings. The van der Waals surface area contributed by atoms with Gasteiger partial charge in [0.25, 0.3) is 0 Å². The first-order valence-corrected chi connectivity index (χ1v) is 8.00. The number of ether oxygens (including phenoxy) is 1. The predicted molar refractivity (Wildman–Crippen MR) is 81.0 cm³/mol. The average molecular weight is 296 g/mol. The number of amides is 1. The van der Waals surface area contributed by atoms with Crippen LogP contribution in [0.5, 0.6) is 0 Å². The number of benzene rings is 1. The van der Waals surface area contributed by atoms with Gasteiger partial charge in [0.1, 0.15) is 5.75 Å². The van der Waals surface area contributed by atoms with Crippen molar-refractivity contribution in [2.45, 2.75) is 31.6 Å². The number of carbonyl (C=O) groups is 1. The van der Waals surface area contributed by atoms with Gasteiger partial charge in [-0.1, -0.05) is 6.07 Å². The molecule has 1 saturated heterocycles. The van der Waals surface area contributed by atoms with E-state index in [1.54, 1.807) is 12.1 Å². The number of nitrogens with two attached hydrogens (primary N) is 1. The minimum absolute atomic E-state index is 0.0221. The van der Waals surface area contributed by atoms with Crippen LogP contribution in [0.2, 0.25) is 0 Å². The highest BCUT2D eigenvalue weighted by Crippen LogP contribution is 2.21. The first-order chi connectivity index (χ1) is 9.47. The van der Waals surface area contributed by atoms with Gasteiger partial charge in [-0.15, -0.1) is 0 Å². The van der Waals surface area contributed by atoms with Crippen molar-refractivity contribution < 1.29 is 13.7 Å². The molecule has 1 aliphatic heterocycles. The van der Waals surface area contributed by atoms with Crippen molar-refractivity contribution in [2.24, 2.45) is 0 Å². The molecular weight excluding hydrogens is 276 g/mol. The van der Waals surface area contributed by atoms with Gasteiger partial charge in [0.05, 0.1) is 22.7 Å². The summed E-state index contributed by atoms with van der Waals surface area (Å²) in [6, 6.07) is 5.42. The van der Waals surface area contributed by atoms with Gasteiger partial charge in [-0.3, -0.25) is 9.00 Å². The molecule has 0 aromatic heterocycles. The second-order valence-corrected chi connectivity index (χ2v) is 6.72. The molecule has 110 valence electrons. The van der Waals surface area contributed by atoms with Crippen molar-refractivity contribution in [3.8, 4) is 0 Å². The molecule has 5 nitrogen and oxygen atoms in total. The van der Waals surface area contributed by atoms with E-state index in [2.05, 4.69) is 5.32 Å². The molecule has 20 heavy (non-hydrogen) atoms. The highest BCUT2D eigenvalue weighted by atomic mass is 32.2. The van der Waals surface area contributed by atoms with Gasteiger partial charge in [-0.2, -0.15) is 0 Å². The zero-order valence-corrected chi connectivity index (χ0v) is 12.5. The Labute approximate surface area is 121 Å². The number of anilines is 2. The van der Waals surface area contributed by atoms with E-state index in [4.69, 9.17) is 10.5 Å². The fraction of sp³-hybridized carbons (Fsp3) is 0.500. The maximum Gasteiger partial charge on any atom is 0.237 e. The van der Waals surface area contributed by atoms with Gasteiger partial charge in [-0.05, 0) is 38.0 Å². The van der Waals surface area contributed by atoms with Crippen molar-refractivity contribution in [3.05, 3.63) is 23.8 Å². The van der Waals surface area contributed by atoms with Crippen LogP contribution in [0.4, 0.5) is 11.4 Å².